The average molecular weight is 529 g/mol. The van der Waals surface area contributed by atoms with Crippen LogP contribution in [0.2, 0.25) is 0 Å². The Morgan fingerprint density at radius 1 is 0.974 bits per heavy atom. The van der Waals surface area contributed by atoms with Gasteiger partial charge in [-0.3, -0.25) is 0 Å². The van der Waals surface area contributed by atoms with Crippen molar-refractivity contribution in [2.24, 2.45) is 5.11 Å². The van der Waals surface area contributed by atoms with Gasteiger partial charge < -0.3 is 34.4 Å². The van der Waals surface area contributed by atoms with Crippen molar-refractivity contribution in [3.05, 3.63) is 82.2 Å². The first-order chi connectivity index (χ1) is 18.5. The van der Waals surface area contributed by atoms with Crippen molar-refractivity contribution in [1.82, 2.24) is 4.90 Å². The predicted molar refractivity (Wildman–Crippen MR) is 139 cm³/mol. The van der Waals surface area contributed by atoms with Gasteiger partial charge in [0.1, 0.15) is 24.9 Å². The van der Waals surface area contributed by atoms with E-state index < -0.39 is 37.3 Å². The second kappa shape index (κ2) is 15.9. The highest BCUT2D eigenvalue weighted by Crippen LogP contribution is 2.25. The molecule has 1 aliphatic rings. The van der Waals surface area contributed by atoms with E-state index in [0.717, 1.165) is 30.4 Å². The first-order valence-corrected chi connectivity index (χ1v) is 12.8. The lowest BCUT2D eigenvalue weighted by atomic mass is 9.98. The molecule has 2 aromatic rings. The van der Waals surface area contributed by atoms with E-state index in [4.69, 9.17) is 19.7 Å². The fourth-order valence-electron chi connectivity index (χ4n) is 4.19. The van der Waals surface area contributed by atoms with Crippen molar-refractivity contribution in [3.63, 3.8) is 0 Å². The normalized spacial score (nSPS) is 22.9. The fourth-order valence-corrected chi connectivity index (χ4v) is 4.19. The number of rotatable bonds is 14. The number of nitrogens with zero attached hydrogens (tertiary/aromatic N) is 4. The number of hydrogen-bond donors (Lipinski definition) is 3. The minimum atomic E-state index is -1.40. The summed E-state index contributed by atoms with van der Waals surface area (Å²) in [4.78, 5) is 17.2. The van der Waals surface area contributed by atoms with Gasteiger partial charge in [-0.25, -0.2) is 4.79 Å². The van der Waals surface area contributed by atoms with E-state index in [1.807, 2.05) is 60.7 Å². The molecule has 1 aliphatic heterocycles. The molecule has 1 amide bonds. The van der Waals surface area contributed by atoms with Crippen molar-refractivity contribution in [1.29, 1.82) is 0 Å². The molecule has 0 aliphatic carbocycles. The predicted octanol–water partition coefficient (Wildman–Crippen LogP) is 3.52. The number of carbonyl (C=O) groups excluding carboxylic acids is 1. The monoisotopic (exact) mass is 528 g/mol. The number of hydrogen-bond acceptors (Lipinski definition) is 8. The highest BCUT2D eigenvalue weighted by atomic mass is 16.7. The molecule has 0 radical (unpaired) electrons. The van der Waals surface area contributed by atoms with Gasteiger partial charge in [-0.2, -0.15) is 0 Å². The second-order valence-corrected chi connectivity index (χ2v) is 9.13. The zero-order chi connectivity index (χ0) is 27.2. The Morgan fingerprint density at radius 2 is 1.63 bits per heavy atom. The van der Waals surface area contributed by atoms with Crippen LogP contribution in [0.3, 0.4) is 0 Å². The topological polar surface area (TPSA) is 157 Å². The standard InChI is InChI=1S/C27H36N4O7/c28-30-29-23-25(34)24(33)22(18-32)38-26(23)36-16-10-2-1-9-15-31(17-20-11-5-3-6-12-20)27(35)37-19-21-13-7-4-8-14-21/h3-8,11-14,22-26,32-34H,1-2,9-10,15-19H2/t22?,23?,24-,25?,26+/m0/s1. The molecule has 3 unspecified atom stereocenters. The molecule has 1 heterocycles. The number of benzene rings is 2. The molecule has 11 nitrogen and oxygen atoms in total. The van der Waals surface area contributed by atoms with E-state index in [9.17, 15) is 20.1 Å². The lowest BCUT2D eigenvalue weighted by Crippen LogP contribution is -2.58. The maximum Gasteiger partial charge on any atom is 0.410 e. The van der Waals surface area contributed by atoms with Crippen LogP contribution in [0.15, 0.2) is 65.8 Å². The van der Waals surface area contributed by atoms with Crippen molar-refractivity contribution in [2.45, 2.75) is 69.5 Å². The van der Waals surface area contributed by atoms with Crippen LogP contribution in [0.1, 0.15) is 36.8 Å². The molecular formula is C27H36N4O7. The third-order valence-electron chi connectivity index (χ3n) is 6.32. The van der Waals surface area contributed by atoms with Crippen LogP contribution >= 0.6 is 0 Å². The van der Waals surface area contributed by atoms with Gasteiger partial charge in [-0.05, 0) is 29.5 Å². The van der Waals surface area contributed by atoms with Crippen molar-refractivity contribution < 1.29 is 34.3 Å². The van der Waals surface area contributed by atoms with Gasteiger partial charge in [0, 0.05) is 24.6 Å². The third-order valence-corrected chi connectivity index (χ3v) is 6.32. The van der Waals surface area contributed by atoms with E-state index in [-0.39, 0.29) is 19.3 Å². The van der Waals surface area contributed by atoms with E-state index in [1.54, 1.807) is 4.90 Å². The second-order valence-electron chi connectivity index (χ2n) is 9.13. The van der Waals surface area contributed by atoms with E-state index in [2.05, 4.69) is 10.0 Å². The minimum Gasteiger partial charge on any atom is -0.445 e. The van der Waals surface area contributed by atoms with Crippen LogP contribution in [0.25, 0.3) is 10.4 Å². The van der Waals surface area contributed by atoms with Gasteiger partial charge >= 0.3 is 6.09 Å². The molecule has 0 aromatic heterocycles. The van der Waals surface area contributed by atoms with Crippen molar-refractivity contribution in [2.75, 3.05) is 19.8 Å². The lowest BCUT2D eigenvalue weighted by Gasteiger charge is -2.40. The first-order valence-electron chi connectivity index (χ1n) is 12.8. The van der Waals surface area contributed by atoms with Gasteiger partial charge in [0.25, 0.3) is 0 Å². The molecule has 5 atom stereocenters. The van der Waals surface area contributed by atoms with Crippen LogP contribution in [-0.4, -0.2) is 76.7 Å². The number of amides is 1. The summed E-state index contributed by atoms with van der Waals surface area (Å²) in [7, 11) is 0. The van der Waals surface area contributed by atoms with Gasteiger partial charge in [0.15, 0.2) is 6.29 Å². The summed E-state index contributed by atoms with van der Waals surface area (Å²) in [5, 5.41) is 33.0. The maximum absolute atomic E-state index is 12.8. The van der Waals surface area contributed by atoms with Crippen molar-refractivity contribution >= 4 is 6.09 Å². The molecule has 3 N–H and O–H groups in total. The molecule has 1 fully saturated rings. The van der Waals surface area contributed by atoms with Crippen LogP contribution < -0.4 is 0 Å². The molecule has 0 saturated carbocycles. The zero-order valence-corrected chi connectivity index (χ0v) is 21.3. The van der Waals surface area contributed by atoms with E-state index >= 15 is 0 Å². The van der Waals surface area contributed by atoms with Gasteiger partial charge in [0.05, 0.1) is 12.7 Å². The Bertz CT molecular complexity index is 1010. The smallest absolute Gasteiger partial charge is 0.410 e. The molecule has 3 rings (SSSR count). The fraction of sp³-hybridized carbons (Fsp3) is 0.519. The Balaban J connectivity index is 1.42. The number of ether oxygens (including phenoxy) is 3. The third kappa shape index (κ3) is 8.98. The molecular weight excluding hydrogens is 492 g/mol. The van der Waals surface area contributed by atoms with Crippen LogP contribution in [0, 0.1) is 0 Å². The van der Waals surface area contributed by atoms with Gasteiger partial charge in [0.2, 0.25) is 0 Å². The van der Waals surface area contributed by atoms with Crippen LogP contribution in [-0.2, 0) is 27.4 Å². The SMILES string of the molecule is [N-]=[N+]=NC1C(O)[C@@H](O)C(CO)O[C@H]1OCCCCCCN(Cc1ccccc1)C(=O)OCc1ccccc1. The summed E-state index contributed by atoms with van der Waals surface area (Å²) in [5.74, 6) is 0. The number of azide groups is 1. The lowest BCUT2D eigenvalue weighted by molar-refractivity contribution is -0.265. The molecule has 38 heavy (non-hydrogen) atoms. The largest absolute Gasteiger partial charge is 0.445 e. The molecule has 1 saturated heterocycles. The number of aliphatic hydroxyl groups is 3. The van der Waals surface area contributed by atoms with Gasteiger partial charge in [-0.1, -0.05) is 78.6 Å². The van der Waals surface area contributed by atoms with Crippen LogP contribution in [0.5, 0.6) is 0 Å². The Kier molecular flexibility index (Phi) is 12.3. The summed E-state index contributed by atoms with van der Waals surface area (Å²) in [6.07, 6.45) is -2.15. The Hall–Kier alpha value is -3.18. The first kappa shape index (κ1) is 29.4. The van der Waals surface area contributed by atoms with E-state index in [0.29, 0.717) is 19.5 Å². The molecule has 0 bridgehead atoms. The summed E-state index contributed by atoms with van der Waals surface area (Å²) in [6.45, 7) is 0.976. The maximum atomic E-state index is 12.8. The summed E-state index contributed by atoms with van der Waals surface area (Å²) in [5.41, 5.74) is 10.7. The average Bonchev–Trinajstić information content (AvgIpc) is 2.95. The Morgan fingerprint density at radius 3 is 2.29 bits per heavy atom. The zero-order valence-electron chi connectivity index (χ0n) is 21.3. The van der Waals surface area contributed by atoms with Gasteiger partial charge in [-0.15, -0.1) is 0 Å². The number of aliphatic hydroxyl groups excluding tert-OH is 3. The molecule has 0 spiro atoms. The summed E-state index contributed by atoms with van der Waals surface area (Å²) >= 11 is 0. The Labute approximate surface area is 222 Å². The van der Waals surface area contributed by atoms with Crippen LogP contribution in [0.4, 0.5) is 4.79 Å². The summed E-state index contributed by atoms with van der Waals surface area (Å²) in [6, 6.07) is 18.2. The number of unbranched alkanes of at least 4 members (excludes halogenated alkanes) is 3. The van der Waals surface area contributed by atoms with Crippen molar-refractivity contribution in [3.8, 4) is 0 Å². The molecule has 206 valence electrons. The molecule has 2 aromatic carbocycles. The van der Waals surface area contributed by atoms with E-state index in [1.165, 1.54) is 0 Å². The summed E-state index contributed by atoms with van der Waals surface area (Å²) < 4.78 is 16.7. The quantitative estimate of drug-likeness (QED) is 0.146. The highest BCUT2D eigenvalue weighted by molar-refractivity contribution is 5.67. The minimum absolute atomic E-state index is 0.214. The number of carbonyl (C=O) groups is 1. The molecule has 11 heteroatoms. The highest BCUT2D eigenvalue weighted by Gasteiger charge is 2.44.